The van der Waals surface area contributed by atoms with Crippen LogP contribution in [0, 0.1) is 0 Å². The summed E-state index contributed by atoms with van der Waals surface area (Å²) in [5.41, 5.74) is 0.655. The second-order valence-electron chi connectivity index (χ2n) is 5.45. The van der Waals surface area contributed by atoms with E-state index in [0.717, 1.165) is 25.9 Å². The summed E-state index contributed by atoms with van der Waals surface area (Å²) in [4.78, 5) is 27.8. The van der Waals surface area contributed by atoms with Gasteiger partial charge in [0.05, 0.1) is 12.3 Å². The maximum absolute atomic E-state index is 12.4. The molecule has 0 aromatic heterocycles. The molecule has 1 aliphatic heterocycles. The molecule has 1 saturated heterocycles. The van der Waals surface area contributed by atoms with E-state index in [4.69, 9.17) is 4.74 Å². The Morgan fingerprint density at radius 2 is 1.86 bits per heavy atom. The summed E-state index contributed by atoms with van der Waals surface area (Å²) in [5.74, 6) is 0.477. The van der Waals surface area contributed by atoms with E-state index in [1.807, 2.05) is 36.1 Å². The smallest absolute Gasteiger partial charge is 0.242 e. The maximum Gasteiger partial charge on any atom is 0.242 e. The Morgan fingerprint density at radius 1 is 1.18 bits per heavy atom. The van der Waals surface area contributed by atoms with Gasteiger partial charge in [0.15, 0.2) is 0 Å². The first-order valence-electron chi connectivity index (χ1n) is 7.91. The number of rotatable bonds is 5. The molecule has 0 aliphatic carbocycles. The van der Waals surface area contributed by atoms with E-state index in [-0.39, 0.29) is 18.4 Å². The Morgan fingerprint density at radius 3 is 2.50 bits per heavy atom. The topological polar surface area (TPSA) is 49.9 Å². The molecule has 1 heterocycles. The van der Waals surface area contributed by atoms with Gasteiger partial charge < -0.3 is 9.64 Å². The normalized spacial score (nSPS) is 14.5. The van der Waals surface area contributed by atoms with Gasteiger partial charge in [-0.15, -0.1) is 0 Å². The summed E-state index contributed by atoms with van der Waals surface area (Å²) in [6, 6.07) is 7.34. The monoisotopic (exact) mass is 304 g/mol. The van der Waals surface area contributed by atoms with Crippen LogP contribution in [-0.2, 0) is 9.59 Å². The molecule has 0 radical (unpaired) electrons. The number of benzene rings is 1. The fraction of sp³-hybridized carbons (Fsp3) is 0.529. The number of hydrogen-bond donors (Lipinski definition) is 0. The molecular formula is C17H24N2O3. The van der Waals surface area contributed by atoms with E-state index in [2.05, 4.69) is 0 Å². The highest BCUT2D eigenvalue weighted by atomic mass is 16.5. The molecule has 22 heavy (non-hydrogen) atoms. The largest absolute Gasteiger partial charge is 0.492 e. The van der Waals surface area contributed by atoms with Crippen LogP contribution >= 0.6 is 0 Å². The average Bonchev–Trinajstić information content (AvgIpc) is 2.54. The van der Waals surface area contributed by atoms with Gasteiger partial charge in [-0.2, -0.15) is 0 Å². The van der Waals surface area contributed by atoms with Gasteiger partial charge in [0.25, 0.3) is 0 Å². The summed E-state index contributed by atoms with van der Waals surface area (Å²) in [5, 5.41) is 0. The lowest BCUT2D eigenvalue weighted by molar-refractivity contribution is -0.132. The highest BCUT2D eigenvalue weighted by molar-refractivity contribution is 5.98. The van der Waals surface area contributed by atoms with Crippen molar-refractivity contribution in [2.24, 2.45) is 0 Å². The van der Waals surface area contributed by atoms with E-state index in [0.29, 0.717) is 18.0 Å². The van der Waals surface area contributed by atoms with Crippen LogP contribution in [0.3, 0.4) is 0 Å². The number of hydrogen-bond acceptors (Lipinski definition) is 3. The number of carbonyl (C=O) groups excluding carboxylic acids is 2. The molecule has 1 fully saturated rings. The number of ether oxygens (including phenoxy) is 1. The molecule has 2 rings (SSSR count). The van der Waals surface area contributed by atoms with Crippen molar-refractivity contribution in [2.45, 2.75) is 33.1 Å². The lowest BCUT2D eigenvalue weighted by Gasteiger charge is -2.30. The third-order valence-electron chi connectivity index (χ3n) is 3.84. The van der Waals surface area contributed by atoms with Crippen molar-refractivity contribution in [1.82, 2.24) is 4.90 Å². The van der Waals surface area contributed by atoms with Crippen LogP contribution in [0.2, 0.25) is 0 Å². The number of piperidine rings is 1. The van der Waals surface area contributed by atoms with Crippen molar-refractivity contribution in [3.63, 3.8) is 0 Å². The minimum absolute atomic E-state index is 0.00111. The molecule has 5 heteroatoms. The molecule has 5 nitrogen and oxygen atoms in total. The summed E-state index contributed by atoms with van der Waals surface area (Å²) < 4.78 is 5.58. The van der Waals surface area contributed by atoms with Crippen molar-refractivity contribution < 1.29 is 14.3 Å². The van der Waals surface area contributed by atoms with Gasteiger partial charge >= 0.3 is 0 Å². The second kappa shape index (κ2) is 7.82. The number of anilines is 1. The zero-order chi connectivity index (χ0) is 15.9. The molecule has 0 bridgehead atoms. The molecule has 1 aromatic carbocycles. The summed E-state index contributed by atoms with van der Waals surface area (Å²) >= 11 is 0. The fourth-order valence-electron chi connectivity index (χ4n) is 2.70. The van der Waals surface area contributed by atoms with Gasteiger partial charge in [-0.3, -0.25) is 14.5 Å². The van der Waals surface area contributed by atoms with Crippen molar-refractivity contribution in [2.75, 3.05) is 31.1 Å². The quantitative estimate of drug-likeness (QED) is 0.839. The van der Waals surface area contributed by atoms with Gasteiger partial charge in [-0.25, -0.2) is 0 Å². The van der Waals surface area contributed by atoms with Crippen LogP contribution in [0.25, 0.3) is 0 Å². The SMILES string of the molecule is CCOc1ccccc1N(CC(=O)N1CCCCC1)C(C)=O. The van der Waals surface area contributed by atoms with Gasteiger partial charge in [-0.05, 0) is 38.3 Å². The minimum Gasteiger partial charge on any atom is -0.492 e. The van der Waals surface area contributed by atoms with E-state index in [9.17, 15) is 9.59 Å². The first-order valence-corrected chi connectivity index (χ1v) is 7.91. The third-order valence-corrected chi connectivity index (χ3v) is 3.84. The predicted molar refractivity (Wildman–Crippen MR) is 86.1 cm³/mol. The minimum atomic E-state index is -0.155. The molecular weight excluding hydrogens is 280 g/mol. The Hall–Kier alpha value is -2.04. The Balaban J connectivity index is 2.16. The summed E-state index contributed by atoms with van der Waals surface area (Å²) in [7, 11) is 0. The van der Waals surface area contributed by atoms with E-state index in [1.54, 1.807) is 0 Å². The highest BCUT2D eigenvalue weighted by Crippen LogP contribution is 2.28. The van der Waals surface area contributed by atoms with E-state index in [1.165, 1.54) is 18.2 Å². The molecule has 1 aromatic rings. The lowest BCUT2D eigenvalue weighted by atomic mass is 10.1. The molecule has 0 spiro atoms. The molecule has 0 atom stereocenters. The van der Waals surface area contributed by atoms with Gasteiger partial charge in [0, 0.05) is 20.0 Å². The second-order valence-corrected chi connectivity index (χ2v) is 5.45. The van der Waals surface area contributed by atoms with Crippen LogP contribution < -0.4 is 9.64 Å². The first kappa shape index (κ1) is 16.3. The first-order chi connectivity index (χ1) is 10.6. The number of amides is 2. The van der Waals surface area contributed by atoms with E-state index >= 15 is 0 Å². The highest BCUT2D eigenvalue weighted by Gasteiger charge is 2.23. The van der Waals surface area contributed by atoms with Gasteiger partial charge in [-0.1, -0.05) is 12.1 Å². The number of para-hydroxylation sites is 2. The van der Waals surface area contributed by atoms with Gasteiger partial charge in [0.1, 0.15) is 12.3 Å². The summed E-state index contributed by atoms with van der Waals surface area (Å²) in [6.07, 6.45) is 3.26. The Kier molecular flexibility index (Phi) is 5.81. The zero-order valence-corrected chi connectivity index (χ0v) is 13.4. The lowest BCUT2D eigenvalue weighted by Crippen LogP contribution is -2.44. The summed E-state index contributed by atoms with van der Waals surface area (Å²) in [6.45, 7) is 5.54. The van der Waals surface area contributed by atoms with E-state index < -0.39 is 0 Å². The standard InChI is InChI=1S/C17H24N2O3/c1-3-22-16-10-6-5-9-15(16)19(14(2)20)13-17(21)18-11-7-4-8-12-18/h5-6,9-10H,3-4,7-8,11-13H2,1-2H3. The molecule has 1 aliphatic rings. The number of carbonyl (C=O) groups is 2. The Bertz CT molecular complexity index is 524. The molecule has 0 saturated carbocycles. The van der Waals surface area contributed by atoms with Crippen molar-refractivity contribution >= 4 is 17.5 Å². The number of likely N-dealkylation sites (tertiary alicyclic amines) is 1. The molecule has 0 unspecified atom stereocenters. The predicted octanol–water partition coefficient (Wildman–Crippen LogP) is 2.45. The average molecular weight is 304 g/mol. The zero-order valence-electron chi connectivity index (χ0n) is 13.4. The molecule has 120 valence electrons. The Labute approximate surface area is 131 Å². The van der Waals surface area contributed by atoms with Gasteiger partial charge in [0.2, 0.25) is 11.8 Å². The van der Waals surface area contributed by atoms with Crippen molar-refractivity contribution in [3.8, 4) is 5.75 Å². The maximum atomic E-state index is 12.4. The third kappa shape index (κ3) is 4.00. The fourth-order valence-corrected chi connectivity index (χ4v) is 2.70. The van der Waals surface area contributed by atoms with Crippen molar-refractivity contribution in [3.05, 3.63) is 24.3 Å². The van der Waals surface area contributed by atoms with Crippen LogP contribution in [-0.4, -0.2) is 43.0 Å². The van der Waals surface area contributed by atoms with Crippen LogP contribution in [0.1, 0.15) is 33.1 Å². The molecule has 0 N–H and O–H groups in total. The number of nitrogens with zero attached hydrogens (tertiary/aromatic N) is 2. The van der Waals surface area contributed by atoms with Crippen LogP contribution in [0.5, 0.6) is 5.75 Å². The van der Waals surface area contributed by atoms with Crippen LogP contribution in [0.4, 0.5) is 5.69 Å². The molecule has 2 amide bonds. The van der Waals surface area contributed by atoms with Crippen LogP contribution in [0.15, 0.2) is 24.3 Å². The van der Waals surface area contributed by atoms with Crippen molar-refractivity contribution in [1.29, 1.82) is 0 Å².